The fourth-order valence-corrected chi connectivity index (χ4v) is 2.09. The van der Waals surface area contributed by atoms with E-state index in [1.165, 1.54) is 0 Å². The second-order valence-corrected chi connectivity index (χ2v) is 6.40. The van der Waals surface area contributed by atoms with Crippen molar-refractivity contribution in [3.8, 4) is 16.9 Å². The molecule has 0 aliphatic heterocycles. The van der Waals surface area contributed by atoms with E-state index < -0.39 is 11.7 Å². The van der Waals surface area contributed by atoms with Gasteiger partial charge in [0.15, 0.2) is 0 Å². The summed E-state index contributed by atoms with van der Waals surface area (Å²) in [6.07, 6.45) is -0.447. The average Bonchev–Trinajstić information content (AvgIpc) is 2.51. The van der Waals surface area contributed by atoms with Gasteiger partial charge in [0.05, 0.1) is 6.54 Å². The number of hydrogen-bond acceptors (Lipinski definition) is 3. The largest absolute Gasteiger partial charge is 0.491 e. The third-order valence-electron chi connectivity index (χ3n) is 3.12. The van der Waals surface area contributed by atoms with Crippen LogP contribution in [-0.2, 0) is 4.74 Å². The van der Waals surface area contributed by atoms with Gasteiger partial charge in [0, 0.05) is 5.56 Å². The third-order valence-corrected chi connectivity index (χ3v) is 3.12. The normalized spacial score (nSPS) is 11.0. The third kappa shape index (κ3) is 5.61. The van der Waals surface area contributed by atoms with Gasteiger partial charge in [0.25, 0.3) is 0 Å². The Labute approximate surface area is 143 Å². The molecule has 0 spiro atoms. The minimum absolute atomic E-state index is 0.345. The van der Waals surface area contributed by atoms with Crippen LogP contribution >= 0.6 is 0 Å². The van der Waals surface area contributed by atoms with Gasteiger partial charge < -0.3 is 14.8 Å². The maximum absolute atomic E-state index is 11.6. The molecule has 0 aliphatic carbocycles. The number of ether oxygens (including phenoxy) is 2. The van der Waals surface area contributed by atoms with Crippen molar-refractivity contribution < 1.29 is 14.3 Å². The van der Waals surface area contributed by atoms with Crippen LogP contribution in [0.4, 0.5) is 4.79 Å². The Morgan fingerprint density at radius 3 is 2.58 bits per heavy atom. The molecule has 2 rings (SSSR count). The van der Waals surface area contributed by atoms with Crippen molar-refractivity contribution in [2.45, 2.75) is 26.4 Å². The van der Waals surface area contributed by atoms with Crippen molar-refractivity contribution in [2.75, 3.05) is 13.2 Å². The summed E-state index contributed by atoms with van der Waals surface area (Å²) in [5, 5.41) is 2.67. The van der Waals surface area contributed by atoms with Crippen molar-refractivity contribution in [1.29, 1.82) is 0 Å². The molecular weight excluding hydrogens is 302 g/mol. The van der Waals surface area contributed by atoms with Gasteiger partial charge in [0.2, 0.25) is 0 Å². The predicted molar refractivity (Wildman–Crippen MR) is 94.9 cm³/mol. The zero-order valence-corrected chi connectivity index (χ0v) is 14.4. The summed E-state index contributed by atoms with van der Waals surface area (Å²) in [6, 6.07) is 16.5. The van der Waals surface area contributed by atoms with Crippen LogP contribution < -0.4 is 10.1 Å². The van der Waals surface area contributed by atoms with Crippen molar-refractivity contribution >= 4 is 6.09 Å². The van der Waals surface area contributed by atoms with Gasteiger partial charge in [-0.3, -0.25) is 0 Å². The van der Waals surface area contributed by atoms with Crippen molar-refractivity contribution in [1.82, 2.24) is 5.32 Å². The molecule has 0 aromatic heterocycles. The molecule has 0 fully saturated rings. The van der Waals surface area contributed by atoms with Gasteiger partial charge in [-0.2, -0.15) is 0 Å². The summed E-state index contributed by atoms with van der Waals surface area (Å²) in [6.45, 7) is 10.1. The second kappa shape index (κ2) is 7.86. The highest BCUT2D eigenvalue weighted by atomic mass is 16.6. The predicted octanol–water partition coefficient (Wildman–Crippen LogP) is 4.24. The number of carbonyl (C=O) groups excluding carboxylic acids is 1. The quantitative estimate of drug-likeness (QED) is 0.837. The van der Waals surface area contributed by atoms with Crippen molar-refractivity contribution in [3.05, 3.63) is 61.0 Å². The highest BCUT2D eigenvalue weighted by Crippen LogP contribution is 2.29. The number of benzene rings is 2. The minimum atomic E-state index is -0.507. The summed E-state index contributed by atoms with van der Waals surface area (Å²) in [5.74, 6) is 0.723. The number of alkyl carbamates (subject to hydrolysis) is 1. The number of carbonyl (C=O) groups is 1. The van der Waals surface area contributed by atoms with Crippen LogP contribution in [0.3, 0.4) is 0 Å². The van der Waals surface area contributed by atoms with E-state index in [1.54, 1.807) is 6.07 Å². The van der Waals surface area contributed by atoms with E-state index >= 15 is 0 Å². The summed E-state index contributed by atoms with van der Waals surface area (Å²) in [5.41, 5.74) is 2.48. The van der Waals surface area contributed by atoms with Crippen molar-refractivity contribution in [3.63, 3.8) is 0 Å². The minimum Gasteiger partial charge on any atom is -0.491 e. The van der Waals surface area contributed by atoms with Gasteiger partial charge in [-0.25, -0.2) is 4.79 Å². The van der Waals surface area contributed by atoms with Gasteiger partial charge in [-0.1, -0.05) is 36.4 Å². The molecule has 4 heteroatoms. The molecule has 0 aliphatic rings. The van der Waals surface area contributed by atoms with Gasteiger partial charge in [-0.15, -0.1) is 0 Å². The zero-order valence-electron chi connectivity index (χ0n) is 14.4. The molecule has 0 unspecified atom stereocenters. The molecule has 0 saturated carbocycles. The van der Waals surface area contributed by atoms with E-state index in [9.17, 15) is 4.79 Å². The number of amides is 1. The van der Waals surface area contributed by atoms with Crippen LogP contribution in [0, 0.1) is 13.0 Å². The monoisotopic (exact) mass is 325 g/mol. The smallest absolute Gasteiger partial charge is 0.407 e. The van der Waals surface area contributed by atoms with E-state index in [0.717, 1.165) is 22.4 Å². The topological polar surface area (TPSA) is 47.6 Å². The van der Waals surface area contributed by atoms with Crippen molar-refractivity contribution in [2.24, 2.45) is 0 Å². The van der Waals surface area contributed by atoms with E-state index in [2.05, 4.69) is 18.3 Å². The Morgan fingerprint density at radius 1 is 1.21 bits per heavy atom. The Kier molecular flexibility index (Phi) is 5.85. The molecule has 1 amide bonds. The molecule has 24 heavy (non-hydrogen) atoms. The summed E-state index contributed by atoms with van der Waals surface area (Å²) in [4.78, 5) is 11.6. The Balaban J connectivity index is 1.92. The molecule has 0 heterocycles. The fourth-order valence-electron chi connectivity index (χ4n) is 2.09. The SMILES string of the molecule is [CH2]c1ccc(-c2cc[c]cc2OCCNC(=O)OC(C)(C)C)cc1. The van der Waals surface area contributed by atoms with E-state index in [1.807, 2.05) is 57.2 Å². The molecule has 2 radical (unpaired) electrons. The lowest BCUT2D eigenvalue weighted by Crippen LogP contribution is -2.34. The molecular formula is C20H23NO3. The fraction of sp³-hybridized carbons (Fsp3) is 0.300. The van der Waals surface area contributed by atoms with Crippen LogP contribution in [-0.4, -0.2) is 24.8 Å². The highest BCUT2D eigenvalue weighted by molar-refractivity contribution is 5.70. The Hall–Kier alpha value is -2.49. The average molecular weight is 325 g/mol. The molecule has 0 atom stereocenters. The lowest BCUT2D eigenvalue weighted by Gasteiger charge is -2.19. The first-order valence-corrected chi connectivity index (χ1v) is 7.87. The van der Waals surface area contributed by atoms with Crippen LogP contribution in [0.2, 0.25) is 0 Å². The van der Waals surface area contributed by atoms with Gasteiger partial charge in [0.1, 0.15) is 18.0 Å². The first-order valence-electron chi connectivity index (χ1n) is 7.87. The molecule has 0 bridgehead atoms. The van der Waals surface area contributed by atoms with Gasteiger partial charge in [-0.05, 0) is 51.0 Å². The molecule has 2 aromatic carbocycles. The number of nitrogens with one attached hydrogen (secondary N) is 1. The van der Waals surface area contributed by atoms with E-state index in [-0.39, 0.29) is 0 Å². The first kappa shape index (κ1) is 17.9. The molecule has 2 aromatic rings. The first-order chi connectivity index (χ1) is 11.3. The maximum atomic E-state index is 11.6. The van der Waals surface area contributed by atoms with Crippen LogP contribution in [0.25, 0.3) is 11.1 Å². The summed E-state index contributed by atoms with van der Waals surface area (Å²) in [7, 11) is 0. The summed E-state index contributed by atoms with van der Waals surface area (Å²) >= 11 is 0. The lowest BCUT2D eigenvalue weighted by molar-refractivity contribution is 0.0520. The van der Waals surface area contributed by atoms with Gasteiger partial charge >= 0.3 is 6.09 Å². The Bertz CT molecular complexity index is 672. The van der Waals surface area contributed by atoms with Crippen LogP contribution in [0.15, 0.2) is 42.5 Å². The zero-order chi connectivity index (χ0) is 17.6. The molecule has 126 valence electrons. The maximum Gasteiger partial charge on any atom is 0.407 e. The van der Waals surface area contributed by atoms with Crippen LogP contribution in [0.5, 0.6) is 5.75 Å². The molecule has 0 saturated heterocycles. The van der Waals surface area contributed by atoms with E-state index in [4.69, 9.17) is 9.47 Å². The molecule has 1 N–H and O–H groups in total. The standard InChI is InChI=1S/C20H23NO3/c1-15-9-11-16(12-10-15)17-7-5-6-8-18(17)23-14-13-21-19(22)24-20(2,3)4/h5,7-12H,1,13-14H2,2-4H3,(H,21,22). The summed E-state index contributed by atoms with van der Waals surface area (Å²) < 4.78 is 11.0. The molecule has 4 nitrogen and oxygen atoms in total. The number of hydrogen-bond donors (Lipinski definition) is 1. The highest BCUT2D eigenvalue weighted by Gasteiger charge is 2.15. The number of rotatable bonds is 5. The van der Waals surface area contributed by atoms with Crippen LogP contribution in [0.1, 0.15) is 26.3 Å². The van der Waals surface area contributed by atoms with E-state index in [0.29, 0.717) is 13.2 Å². The second-order valence-electron chi connectivity index (χ2n) is 6.40. The lowest BCUT2D eigenvalue weighted by atomic mass is 10.0. The Morgan fingerprint density at radius 2 is 1.92 bits per heavy atom.